The van der Waals surface area contributed by atoms with Crippen LogP contribution >= 0.6 is 34.2 Å². The zero-order valence-corrected chi connectivity index (χ0v) is 10.3. The quantitative estimate of drug-likeness (QED) is 0.825. The van der Waals surface area contributed by atoms with E-state index in [-0.39, 0.29) is 0 Å². The molecule has 0 bridgehead atoms. The molecular weight excluding hydrogens is 322 g/mol. The second kappa shape index (κ2) is 5.11. The Morgan fingerprint density at radius 1 is 1.43 bits per heavy atom. The molecule has 0 fully saturated rings. The van der Waals surface area contributed by atoms with Crippen LogP contribution in [0.1, 0.15) is 6.92 Å². The summed E-state index contributed by atoms with van der Waals surface area (Å²) >= 11 is 7.93. The molecule has 5 heteroatoms. The van der Waals surface area contributed by atoms with Crippen molar-refractivity contribution in [2.24, 2.45) is 0 Å². The van der Waals surface area contributed by atoms with Crippen molar-refractivity contribution in [3.05, 3.63) is 26.8 Å². The monoisotopic (exact) mass is 331 g/mol. The van der Waals surface area contributed by atoms with Crippen LogP contribution in [-0.2, 0) is 0 Å². The molecule has 1 aromatic carbocycles. The minimum absolute atomic E-state index is 0.456. The Bertz CT molecular complexity index is 320. The average Bonchev–Trinajstić information content (AvgIpc) is 2.11. The standard InChI is InChI=1S/C9H9ClF2IN/c1-5(9(11)12)14-8-4-6(13)2-3-7(8)10/h2-5,9,14H,1H3. The lowest BCUT2D eigenvalue weighted by atomic mass is 10.3. The minimum atomic E-state index is -2.40. The first-order valence-corrected chi connectivity index (χ1v) is 5.46. The summed E-state index contributed by atoms with van der Waals surface area (Å²) in [7, 11) is 0. The zero-order valence-electron chi connectivity index (χ0n) is 7.40. The van der Waals surface area contributed by atoms with Crippen LogP contribution in [0, 0.1) is 3.57 Å². The van der Waals surface area contributed by atoms with Crippen LogP contribution in [0.15, 0.2) is 18.2 Å². The van der Waals surface area contributed by atoms with Gasteiger partial charge in [0, 0.05) is 3.57 Å². The highest BCUT2D eigenvalue weighted by Gasteiger charge is 2.15. The summed E-state index contributed by atoms with van der Waals surface area (Å²) in [6.45, 7) is 1.42. The van der Waals surface area contributed by atoms with Gasteiger partial charge in [0.05, 0.1) is 16.8 Å². The van der Waals surface area contributed by atoms with Gasteiger partial charge in [0.15, 0.2) is 0 Å². The molecule has 0 saturated heterocycles. The fourth-order valence-corrected chi connectivity index (χ4v) is 1.58. The Morgan fingerprint density at radius 3 is 2.64 bits per heavy atom. The Morgan fingerprint density at radius 2 is 2.07 bits per heavy atom. The summed E-state index contributed by atoms with van der Waals surface area (Å²) in [5.41, 5.74) is 0.548. The van der Waals surface area contributed by atoms with E-state index in [0.717, 1.165) is 3.57 Å². The normalized spacial score (nSPS) is 13.0. The molecule has 0 saturated carbocycles. The lowest BCUT2D eigenvalue weighted by molar-refractivity contribution is 0.131. The number of alkyl halides is 2. The lowest BCUT2D eigenvalue weighted by Gasteiger charge is -2.15. The Hall–Kier alpha value is -0.100. The Kier molecular flexibility index (Phi) is 4.37. The number of nitrogens with one attached hydrogen (secondary N) is 1. The second-order valence-electron chi connectivity index (χ2n) is 2.89. The van der Waals surface area contributed by atoms with Gasteiger partial charge in [0.2, 0.25) is 0 Å². The summed E-state index contributed by atoms with van der Waals surface area (Å²) in [5, 5.41) is 3.12. The van der Waals surface area contributed by atoms with Crippen LogP contribution in [0.25, 0.3) is 0 Å². The maximum absolute atomic E-state index is 12.2. The average molecular weight is 332 g/mol. The number of hydrogen-bond donors (Lipinski definition) is 1. The molecule has 14 heavy (non-hydrogen) atoms. The maximum atomic E-state index is 12.2. The molecule has 1 rings (SSSR count). The minimum Gasteiger partial charge on any atom is -0.376 e. The molecule has 1 unspecified atom stereocenters. The third kappa shape index (κ3) is 3.24. The first-order valence-electron chi connectivity index (χ1n) is 4.00. The van der Waals surface area contributed by atoms with Gasteiger partial charge in [0.25, 0.3) is 6.43 Å². The fourth-order valence-electron chi connectivity index (χ4n) is 0.916. The van der Waals surface area contributed by atoms with E-state index in [4.69, 9.17) is 11.6 Å². The Balaban J connectivity index is 2.80. The van der Waals surface area contributed by atoms with Crippen LogP contribution in [0.4, 0.5) is 14.5 Å². The van der Waals surface area contributed by atoms with E-state index in [0.29, 0.717) is 10.7 Å². The predicted octanol–water partition coefficient (Wildman–Crippen LogP) is 4.01. The largest absolute Gasteiger partial charge is 0.376 e. The number of anilines is 1. The molecule has 78 valence electrons. The van der Waals surface area contributed by atoms with E-state index in [1.165, 1.54) is 6.92 Å². The molecule has 0 aromatic heterocycles. The van der Waals surface area contributed by atoms with E-state index < -0.39 is 12.5 Å². The topological polar surface area (TPSA) is 12.0 Å². The van der Waals surface area contributed by atoms with Crippen molar-refractivity contribution in [1.29, 1.82) is 0 Å². The highest BCUT2D eigenvalue weighted by atomic mass is 127. The molecule has 1 N–H and O–H groups in total. The van der Waals surface area contributed by atoms with Gasteiger partial charge in [-0.1, -0.05) is 11.6 Å². The third-order valence-electron chi connectivity index (χ3n) is 1.69. The summed E-state index contributed by atoms with van der Waals surface area (Å²) in [5.74, 6) is 0. The van der Waals surface area contributed by atoms with Crippen molar-refractivity contribution >= 4 is 39.9 Å². The summed E-state index contributed by atoms with van der Waals surface area (Å²) in [6.07, 6.45) is -2.40. The second-order valence-corrected chi connectivity index (χ2v) is 4.54. The SMILES string of the molecule is CC(Nc1cc(I)ccc1Cl)C(F)F. The number of hydrogen-bond acceptors (Lipinski definition) is 1. The number of rotatable bonds is 3. The predicted molar refractivity (Wildman–Crippen MR) is 63.3 cm³/mol. The van der Waals surface area contributed by atoms with Crippen molar-refractivity contribution in [3.8, 4) is 0 Å². The number of halogens is 4. The zero-order chi connectivity index (χ0) is 10.7. The van der Waals surface area contributed by atoms with E-state index in [9.17, 15) is 8.78 Å². The highest BCUT2D eigenvalue weighted by Crippen LogP contribution is 2.25. The van der Waals surface area contributed by atoms with Crippen molar-refractivity contribution in [2.75, 3.05) is 5.32 Å². The maximum Gasteiger partial charge on any atom is 0.258 e. The summed E-state index contributed by atoms with van der Waals surface area (Å²) in [4.78, 5) is 0. The van der Waals surface area contributed by atoms with E-state index in [1.807, 2.05) is 6.07 Å². The molecule has 0 aliphatic carbocycles. The van der Waals surface area contributed by atoms with Gasteiger partial charge >= 0.3 is 0 Å². The molecule has 0 aliphatic heterocycles. The van der Waals surface area contributed by atoms with Crippen LogP contribution in [0.2, 0.25) is 5.02 Å². The number of benzene rings is 1. The molecule has 1 aromatic rings. The van der Waals surface area contributed by atoms with E-state index in [2.05, 4.69) is 27.9 Å². The van der Waals surface area contributed by atoms with Crippen molar-refractivity contribution in [1.82, 2.24) is 0 Å². The van der Waals surface area contributed by atoms with Crippen LogP contribution in [0.3, 0.4) is 0 Å². The van der Waals surface area contributed by atoms with Gasteiger partial charge in [0.1, 0.15) is 0 Å². The van der Waals surface area contributed by atoms with Crippen molar-refractivity contribution in [2.45, 2.75) is 19.4 Å². The summed E-state index contributed by atoms with van der Waals surface area (Å²) < 4.78 is 25.4. The van der Waals surface area contributed by atoms with Crippen LogP contribution in [0.5, 0.6) is 0 Å². The Labute approximate surface area is 100.0 Å². The fraction of sp³-hybridized carbons (Fsp3) is 0.333. The third-order valence-corrected chi connectivity index (χ3v) is 2.69. The van der Waals surface area contributed by atoms with E-state index in [1.54, 1.807) is 12.1 Å². The smallest absolute Gasteiger partial charge is 0.258 e. The van der Waals surface area contributed by atoms with Gasteiger partial charge in [-0.05, 0) is 47.7 Å². The summed E-state index contributed by atoms with van der Waals surface area (Å²) in [6, 6.07) is 4.35. The first-order chi connectivity index (χ1) is 6.50. The van der Waals surface area contributed by atoms with Gasteiger partial charge in [-0.2, -0.15) is 0 Å². The van der Waals surface area contributed by atoms with Gasteiger partial charge in [-0.25, -0.2) is 8.78 Å². The molecule has 1 nitrogen and oxygen atoms in total. The van der Waals surface area contributed by atoms with Crippen LogP contribution in [-0.4, -0.2) is 12.5 Å². The van der Waals surface area contributed by atoms with Crippen molar-refractivity contribution in [3.63, 3.8) is 0 Å². The van der Waals surface area contributed by atoms with Gasteiger partial charge < -0.3 is 5.32 Å². The molecule has 1 atom stereocenters. The molecular formula is C9H9ClF2IN. The lowest BCUT2D eigenvalue weighted by Crippen LogP contribution is -2.23. The molecule has 0 heterocycles. The highest BCUT2D eigenvalue weighted by molar-refractivity contribution is 14.1. The molecule has 0 spiro atoms. The van der Waals surface area contributed by atoms with E-state index >= 15 is 0 Å². The van der Waals surface area contributed by atoms with Crippen molar-refractivity contribution < 1.29 is 8.78 Å². The molecule has 0 aliphatic rings. The first kappa shape index (κ1) is 12.0. The van der Waals surface area contributed by atoms with Gasteiger partial charge in [-0.15, -0.1) is 0 Å². The van der Waals surface area contributed by atoms with Crippen LogP contribution < -0.4 is 5.32 Å². The van der Waals surface area contributed by atoms with Gasteiger partial charge in [-0.3, -0.25) is 0 Å². The molecule has 0 radical (unpaired) electrons. The molecule has 0 amide bonds.